The van der Waals surface area contributed by atoms with Crippen molar-refractivity contribution in [3.63, 3.8) is 0 Å². The summed E-state index contributed by atoms with van der Waals surface area (Å²) < 4.78 is 5.43. The molecule has 0 aliphatic carbocycles. The van der Waals surface area contributed by atoms with Crippen LogP contribution in [0.15, 0.2) is 60.7 Å². The molecule has 0 bridgehead atoms. The molecular weight excluding hydrogens is 662 g/mol. The van der Waals surface area contributed by atoms with Crippen molar-refractivity contribution in [1.82, 2.24) is 26.2 Å². The SMILES string of the molecule is CC(C)C[C@H](NC[C@H](CCc1ccccc1)NC(=O)CN1CCOCC1)C(=O)N[C@@H](Cc1ccccc1)C(=O)N[C@@H](CC(C)C)C(=O)[C@](C)(O)CO. The molecule has 3 rings (SSSR count). The van der Waals surface area contributed by atoms with Crippen LogP contribution in [0.1, 0.15) is 65.0 Å². The molecular formula is C40H61N5O7. The van der Waals surface area contributed by atoms with Crippen LogP contribution in [0.5, 0.6) is 0 Å². The molecule has 3 amide bonds. The lowest BCUT2D eigenvalue weighted by atomic mass is 9.90. The number of aryl methyl sites for hydroxylation is 1. The molecule has 0 unspecified atom stereocenters. The molecule has 1 aliphatic rings. The summed E-state index contributed by atoms with van der Waals surface area (Å²) in [6.07, 6.45) is 2.29. The number of benzene rings is 2. The van der Waals surface area contributed by atoms with Gasteiger partial charge in [-0.3, -0.25) is 24.1 Å². The van der Waals surface area contributed by atoms with Gasteiger partial charge in [0.1, 0.15) is 11.6 Å². The largest absolute Gasteiger partial charge is 0.393 e. The highest BCUT2D eigenvalue weighted by Gasteiger charge is 2.38. The maximum absolute atomic E-state index is 14.1. The van der Waals surface area contributed by atoms with Crippen molar-refractivity contribution in [2.75, 3.05) is 46.0 Å². The number of morpholine rings is 1. The van der Waals surface area contributed by atoms with Gasteiger partial charge in [-0.15, -0.1) is 0 Å². The van der Waals surface area contributed by atoms with Crippen LogP contribution in [0.3, 0.4) is 0 Å². The lowest BCUT2D eigenvalue weighted by Crippen LogP contribution is -2.59. The summed E-state index contributed by atoms with van der Waals surface area (Å²) in [6, 6.07) is 16.3. The average Bonchev–Trinajstić information content (AvgIpc) is 3.12. The number of aliphatic hydroxyl groups is 2. The van der Waals surface area contributed by atoms with E-state index in [1.807, 2.05) is 76.2 Å². The predicted octanol–water partition coefficient (Wildman–Crippen LogP) is 2.01. The fraction of sp³-hybridized carbons (Fsp3) is 0.600. The number of carbonyl (C=O) groups is 4. The van der Waals surface area contributed by atoms with Crippen LogP contribution in [0.25, 0.3) is 0 Å². The summed E-state index contributed by atoms with van der Waals surface area (Å²) in [5.41, 5.74) is -0.0725. The van der Waals surface area contributed by atoms with Crippen molar-refractivity contribution in [3.8, 4) is 0 Å². The number of hydrogen-bond acceptors (Lipinski definition) is 9. The zero-order chi connectivity index (χ0) is 38.1. The zero-order valence-corrected chi connectivity index (χ0v) is 31.6. The van der Waals surface area contributed by atoms with Crippen LogP contribution in [-0.4, -0.2) is 114 Å². The standard InChI is InChI=1S/C40H61N5O7/c1-28(2)22-33(37(48)40(5,51)27-46)43-39(50)35(24-31-14-10-7-11-15-31)44-38(49)34(23-29(3)4)41-25-32(17-16-30-12-8-6-9-13-30)42-36(47)26-45-18-20-52-21-19-45/h6-15,28-29,32-35,41,46,51H,16-27H2,1-5H3,(H,42,47)(H,43,50)(H,44,49)/t32-,33-,34-,35-,40+/m0/s1. The lowest BCUT2D eigenvalue weighted by Gasteiger charge is -2.30. The van der Waals surface area contributed by atoms with Gasteiger partial charge >= 0.3 is 0 Å². The van der Waals surface area contributed by atoms with E-state index < -0.39 is 42.0 Å². The quantitative estimate of drug-likeness (QED) is 0.107. The molecule has 2 aromatic carbocycles. The molecule has 0 saturated carbocycles. The van der Waals surface area contributed by atoms with Gasteiger partial charge in [0.25, 0.3) is 0 Å². The van der Waals surface area contributed by atoms with E-state index in [9.17, 15) is 29.4 Å². The molecule has 2 aromatic rings. The summed E-state index contributed by atoms with van der Waals surface area (Å²) in [7, 11) is 0. The van der Waals surface area contributed by atoms with E-state index in [4.69, 9.17) is 4.74 Å². The summed E-state index contributed by atoms with van der Waals surface area (Å²) >= 11 is 0. The second kappa shape index (κ2) is 21.8. The smallest absolute Gasteiger partial charge is 0.243 e. The van der Waals surface area contributed by atoms with Gasteiger partial charge in [-0.1, -0.05) is 88.4 Å². The molecule has 1 aliphatic heterocycles. The van der Waals surface area contributed by atoms with Gasteiger partial charge in [0.15, 0.2) is 5.78 Å². The number of Topliss-reactive ketones (excluding diaryl/α,β-unsaturated/α-hetero) is 1. The molecule has 0 radical (unpaired) electrons. The van der Waals surface area contributed by atoms with E-state index in [0.29, 0.717) is 45.7 Å². The third-order valence-electron chi connectivity index (χ3n) is 9.19. The first-order valence-corrected chi connectivity index (χ1v) is 18.7. The third kappa shape index (κ3) is 15.1. The van der Waals surface area contributed by atoms with Gasteiger partial charge < -0.3 is 36.2 Å². The Balaban J connectivity index is 1.79. The van der Waals surface area contributed by atoms with Crippen molar-refractivity contribution in [2.45, 2.75) is 96.5 Å². The Morgan fingerprint density at radius 3 is 1.90 bits per heavy atom. The molecule has 1 fully saturated rings. The molecule has 5 atom stereocenters. The Morgan fingerprint density at radius 2 is 1.33 bits per heavy atom. The number of ether oxygens (including phenoxy) is 1. The zero-order valence-electron chi connectivity index (χ0n) is 31.6. The monoisotopic (exact) mass is 723 g/mol. The van der Waals surface area contributed by atoms with Gasteiger partial charge in [0.05, 0.1) is 38.4 Å². The third-order valence-corrected chi connectivity index (χ3v) is 9.19. The average molecular weight is 724 g/mol. The van der Waals surface area contributed by atoms with Crippen molar-refractivity contribution < 1.29 is 34.1 Å². The maximum atomic E-state index is 14.1. The van der Waals surface area contributed by atoms with Crippen molar-refractivity contribution in [3.05, 3.63) is 71.8 Å². The minimum Gasteiger partial charge on any atom is -0.393 e. The second-order valence-corrected chi connectivity index (χ2v) is 15.0. The first-order valence-electron chi connectivity index (χ1n) is 18.7. The van der Waals surface area contributed by atoms with E-state index in [0.717, 1.165) is 17.5 Å². The van der Waals surface area contributed by atoms with Gasteiger partial charge in [0, 0.05) is 32.1 Å². The molecule has 0 spiro atoms. The predicted molar refractivity (Wildman–Crippen MR) is 201 cm³/mol. The van der Waals surface area contributed by atoms with Crippen molar-refractivity contribution >= 4 is 23.5 Å². The van der Waals surface area contributed by atoms with Gasteiger partial charge in [-0.05, 0) is 55.6 Å². The van der Waals surface area contributed by atoms with E-state index in [1.165, 1.54) is 6.92 Å². The summed E-state index contributed by atoms with van der Waals surface area (Å²) in [6.45, 7) is 11.4. The minimum absolute atomic E-state index is 0.00488. The highest BCUT2D eigenvalue weighted by Crippen LogP contribution is 2.15. The van der Waals surface area contributed by atoms with Gasteiger partial charge in [0.2, 0.25) is 17.7 Å². The van der Waals surface area contributed by atoms with Crippen molar-refractivity contribution in [1.29, 1.82) is 0 Å². The number of nitrogens with one attached hydrogen (secondary N) is 4. The molecule has 288 valence electrons. The number of ketones is 1. The minimum atomic E-state index is -2.04. The molecule has 0 aromatic heterocycles. The van der Waals surface area contributed by atoms with Gasteiger partial charge in [-0.25, -0.2) is 0 Å². The Hall–Kier alpha value is -3.68. The number of rotatable bonds is 22. The lowest BCUT2D eigenvalue weighted by molar-refractivity contribution is -0.144. The van der Waals surface area contributed by atoms with E-state index in [-0.39, 0.29) is 49.1 Å². The van der Waals surface area contributed by atoms with Crippen LogP contribution in [0.4, 0.5) is 0 Å². The Labute approximate surface area is 309 Å². The Bertz CT molecular complexity index is 1380. The molecule has 1 saturated heterocycles. The molecule has 1 heterocycles. The maximum Gasteiger partial charge on any atom is 0.243 e. The van der Waals surface area contributed by atoms with E-state index >= 15 is 0 Å². The van der Waals surface area contributed by atoms with Crippen LogP contribution < -0.4 is 21.3 Å². The number of hydrogen-bond donors (Lipinski definition) is 6. The highest BCUT2D eigenvalue weighted by molar-refractivity contribution is 5.97. The first-order chi connectivity index (χ1) is 24.8. The van der Waals surface area contributed by atoms with Gasteiger partial charge in [-0.2, -0.15) is 0 Å². The number of nitrogens with zero attached hydrogens (tertiary/aromatic N) is 1. The normalized spacial score (nSPS) is 17.1. The summed E-state index contributed by atoms with van der Waals surface area (Å²) in [4.78, 5) is 56.4. The van der Waals surface area contributed by atoms with Crippen LogP contribution in [0.2, 0.25) is 0 Å². The summed E-state index contributed by atoms with van der Waals surface area (Å²) in [5.74, 6) is -1.59. The Morgan fingerprint density at radius 1 is 0.788 bits per heavy atom. The Kier molecular flexibility index (Phi) is 17.9. The fourth-order valence-electron chi connectivity index (χ4n) is 6.25. The van der Waals surface area contributed by atoms with Crippen LogP contribution in [-0.2, 0) is 36.8 Å². The highest BCUT2D eigenvalue weighted by atomic mass is 16.5. The topological polar surface area (TPSA) is 169 Å². The van der Waals surface area contributed by atoms with E-state index in [1.54, 1.807) is 0 Å². The number of carbonyl (C=O) groups excluding carboxylic acids is 4. The molecule has 52 heavy (non-hydrogen) atoms. The molecule has 12 heteroatoms. The first kappa shape index (κ1) is 42.7. The van der Waals surface area contributed by atoms with Crippen LogP contribution in [0, 0.1) is 11.8 Å². The number of amides is 3. The molecule has 12 nitrogen and oxygen atoms in total. The van der Waals surface area contributed by atoms with Crippen molar-refractivity contribution in [2.24, 2.45) is 11.8 Å². The summed E-state index contributed by atoms with van der Waals surface area (Å²) in [5, 5.41) is 32.5. The van der Waals surface area contributed by atoms with Crippen LogP contribution >= 0.6 is 0 Å². The fourth-order valence-corrected chi connectivity index (χ4v) is 6.25. The molecule has 6 N–H and O–H groups in total. The number of aliphatic hydroxyl groups excluding tert-OH is 1. The van der Waals surface area contributed by atoms with E-state index in [2.05, 4.69) is 38.3 Å². The second-order valence-electron chi connectivity index (χ2n) is 15.0.